The van der Waals surface area contributed by atoms with Gasteiger partial charge in [0.1, 0.15) is 5.75 Å². The highest BCUT2D eigenvalue weighted by atomic mass is 16.5. The van der Waals surface area contributed by atoms with Gasteiger partial charge in [0.25, 0.3) is 0 Å². The Bertz CT molecular complexity index is 809. The molecule has 1 aliphatic rings. The average Bonchev–Trinajstić information content (AvgIpc) is 3.14. The quantitative estimate of drug-likeness (QED) is 0.691. The van der Waals surface area contributed by atoms with E-state index in [1.54, 1.807) is 36.4 Å². The normalized spacial score (nSPS) is 14.0. The number of nitrogens with zero attached hydrogens (tertiary/aromatic N) is 1. The molecule has 0 amide bonds. The van der Waals surface area contributed by atoms with Crippen molar-refractivity contribution in [2.24, 2.45) is 0 Å². The van der Waals surface area contributed by atoms with Gasteiger partial charge in [-0.25, -0.2) is 4.79 Å². The van der Waals surface area contributed by atoms with E-state index in [0.717, 1.165) is 36.3 Å². The van der Waals surface area contributed by atoms with Crippen LogP contribution in [0.1, 0.15) is 39.9 Å². The number of rotatable bonds is 3. The molecule has 2 aromatic rings. The van der Waals surface area contributed by atoms with Crippen LogP contribution >= 0.6 is 0 Å². The standard InChI is InChI=1S/C21H21NO3/c1-25-21(24)18-8-5-16(6-9-18)4-7-17-10-11-20(23)14-19(17)15-22-12-2-3-13-22/h5-6,8-11,14,23H,2-3,12-13,15H2,1H3. The molecular formula is C21H21NO3. The van der Waals surface area contributed by atoms with Gasteiger partial charge in [0.15, 0.2) is 0 Å². The van der Waals surface area contributed by atoms with Crippen LogP contribution in [0.3, 0.4) is 0 Å². The third kappa shape index (κ3) is 4.40. The Balaban J connectivity index is 1.80. The van der Waals surface area contributed by atoms with Crippen LogP contribution in [0.25, 0.3) is 0 Å². The zero-order valence-corrected chi connectivity index (χ0v) is 14.3. The number of aromatic hydroxyl groups is 1. The van der Waals surface area contributed by atoms with E-state index in [0.29, 0.717) is 5.56 Å². The summed E-state index contributed by atoms with van der Waals surface area (Å²) in [5, 5.41) is 9.79. The molecule has 2 aromatic carbocycles. The van der Waals surface area contributed by atoms with Crippen LogP contribution in [0.15, 0.2) is 42.5 Å². The molecule has 128 valence electrons. The van der Waals surface area contributed by atoms with E-state index in [2.05, 4.69) is 16.7 Å². The smallest absolute Gasteiger partial charge is 0.337 e. The van der Waals surface area contributed by atoms with Gasteiger partial charge in [-0.05, 0) is 74.0 Å². The van der Waals surface area contributed by atoms with Gasteiger partial charge < -0.3 is 9.84 Å². The maximum absolute atomic E-state index is 11.5. The maximum atomic E-state index is 11.5. The minimum Gasteiger partial charge on any atom is -0.508 e. The molecule has 0 atom stereocenters. The number of likely N-dealkylation sites (tertiary alicyclic amines) is 1. The number of esters is 1. The molecule has 0 saturated carbocycles. The number of ether oxygens (including phenoxy) is 1. The van der Waals surface area contributed by atoms with E-state index in [1.165, 1.54) is 20.0 Å². The van der Waals surface area contributed by atoms with Gasteiger partial charge in [0.05, 0.1) is 12.7 Å². The Morgan fingerprint density at radius 1 is 1.12 bits per heavy atom. The fraction of sp³-hybridized carbons (Fsp3) is 0.286. The van der Waals surface area contributed by atoms with Gasteiger partial charge in [-0.2, -0.15) is 0 Å². The monoisotopic (exact) mass is 335 g/mol. The lowest BCUT2D eigenvalue weighted by atomic mass is 10.1. The van der Waals surface area contributed by atoms with Crippen molar-refractivity contribution in [1.82, 2.24) is 4.90 Å². The Kier molecular flexibility index (Phi) is 5.37. The van der Waals surface area contributed by atoms with Crippen LogP contribution in [-0.2, 0) is 11.3 Å². The summed E-state index contributed by atoms with van der Waals surface area (Å²) in [6.45, 7) is 2.99. The zero-order chi connectivity index (χ0) is 17.6. The van der Waals surface area contributed by atoms with E-state index < -0.39 is 0 Å². The minimum atomic E-state index is -0.356. The molecule has 0 spiro atoms. The van der Waals surface area contributed by atoms with Crippen molar-refractivity contribution >= 4 is 5.97 Å². The number of hydrogen-bond acceptors (Lipinski definition) is 4. The SMILES string of the molecule is COC(=O)c1ccc(C#Cc2ccc(O)cc2CN2CCCC2)cc1. The van der Waals surface area contributed by atoms with Crippen molar-refractivity contribution in [3.8, 4) is 17.6 Å². The summed E-state index contributed by atoms with van der Waals surface area (Å²) in [6, 6.07) is 12.3. The fourth-order valence-corrected chi connectivity index (χ4v) is 2.96. The Morgan fingerprint density at radius 2 is 1.84 bits per heavy atom. The zero-order valence-electron chi connectivity index (χ0n) is 14.3. The van der Waals surface area contributed by atoms with Crippen LogP contribution in [0.2, 0.25) is 0 Å². The van der Waals surface area contributed by atoms with Gasteiger partial charge in [0, 0.05) is 17.7 Å². The van der Waals surface area contributed by atoms with Crippen LogP contribution in [-0.4, -0.2) is 36.2 Å². The first-order valence-electron chi connectivity index (χ1n) is 8.40. The third-order valence-corrected chi connectivity index (χ3v) is 4.33. The third-order valence-electron chi connectivity index (χ3n) is 4.33. The summed E-state index contributed by atoms with van der Waals surface area (Å²) >= 11 is 0. The number of benzene rings is 2. The molecule has 1 aliphatic heterocycles. The topological polar surface area (TPSA) is 49.8 Å². The molecule has 0 bridgehead atoms. The molecule has 0 aromatic heterocycles. The van der Waals surface area contributed by atoms with E-state index in [1.807, 2.05) is 6.07 Å². The van der Waals surface area contributed by atoms with Crippen molar-refractivity contribution in [3.63, 3.8) is 0 Å². The van der Waals surface area contributed by atoms with Crippen LogP contribution in [0.5, 0.6) is 5.75 Å². The van der Waals surface area contributed by atoms with Crippen molar-refractivity contribution in [1.29, 1.82) is 0 Å². The number of methoxy groups -OCH3 is 1. The van der Waals surface area contributed by atoms with Crippen molar-refractivity contribution in [2.75, 3.05) is 20.2 Å². The second kappa shape index (κ2) is 7.87. The van der Waals surface area contributed by atoms with Crippen molar-refractivity contribution in [2.45, 2.75) is 19.4 Å². The molecule has 4 nitrogen and oxygen atoms in total. The van der Waals surface area contributed by atoms with E-state index in [4.69, 9.17) is 4.74 Å². The molecule has 3 rings (SSSR count). The summed E-state index contributed by atoms with van der Waals surface area (Å²) in [6.07, 6.45) is 2.46. The van der Waals surface area contributed by atoms with Gasteiger partial charge in [-0.15, -0.1) is 0 Å². The van der Waals surface area contributed by atoms with Crippen molar-refractivity contribution < 1.29 is 14.6 Å². The molecule has 1 saturated heterocycles. The first-order valence-corrected chi connectivity index (χ1v) is 8.40. The molecule has 1 fully saturated rings. The molecule has 0 radical (unpaired) electrons. The maximum Gasteiger partial charge on any atom is 0.337 e. The Labute approximate surface area is 148 Å². The lowest BCUT2D eigenvalue weighted by molar-refractivity contribution is 0.0600. The predicted octanol–water partition coefficient (Wildman–Crippen LogP) is 3.17. The highest BCUT2D eigenvalue weighted by Gasteiger charge is 2.13. The molecule has 1 heterocycles. The molecule has 0 unspecified atom stereocenters. The largest absolute Gasteiger partial charge is 0.508 e. The fourth-order valence-electron chi connectivity index (χ4n) is 2.96. The number of carbonyl (C=O) groups excluding carboxylic acids is 1. The second-order valence-corrected chi connectivity index (χ2v) is 6.14. The highest BCUT2D eigenvalue weighted by molar-refractivity contribution is 5.89. The molecular weight excluding hydrogens is 314 g/mol. The Hall–Kier alpha value is -2.77. The number of phenols is 1. The van der Waals surface area contributed by atoms with Crippen LogP contribution < -0.4 is 0 Å². The number of phenolic OH excluding ortho intramolecular Hbond substituents is 1. The van der Waals surface area contributed by atoms with Gasteiger partial charge in [0.2, 0.25) is 0 Å². The molecule has 4 heteroatoms. The summed E-state index contributed by atoms with van der Waals surface area (Å²) in [4.78, 5) is 13.8. The first-order chi connectivity index (χ1) is 12.2. The summed E-state index contributed by atoms with van der Waals surface area (Å²) in [5.74, 6) is 6.23. The Morgan fingerprint density at radius 3 is 2.52 bits per heavy atom. The first kappa shape index (κ1) is 17.1. The van der Waals surface area contributed by atoms with Gasteiger partial charge in [-0.1, -0.05) is 11.8 Å². The minimum absolute atomic E-state index is 0.266. The number of carbonyl (C=O) groups is 1. The van der Waals surface area contributed by atoms with Gasteiger partial charge in [-0.3, -0.25) is 4.90 Å². The number of hydrogen-bond donors (Lipinski definition) is 1. The molecule has 0 aliphatic carbocycles. The average molecular weight is 335 g/mol. The predicted molar refractivity (Wildman–Crippen MR) is 96.4 cm³/mol. The van der Waals surface area contributed by atoms with E-state index in [9.17, 15) is 9.90 Å². The van der Waals surface area contributed by atoms with Crippen LogP contribution in [0, 0.1) is 11.8 Å². The van der Waals surface area contributed by atoms with Crippen molar-refractivity contribution in [3.05, 3.63) is 64.7 Å². The van der Waals surface area contributed by atoms with E-state index in [-0.39, 0.29) is 11.7 Å². The molecule has 25 heavy (non-hydrogen) atoms. The molecule has 1 N–H and O–H groups in total. The summed E-state index contributed by atoms with van der Waals surface area (Å²) < 4.78 is 4.69. The van der Waals surface area contributed by atoms with Gasteiger partial charge >= 0.3 is 5.97 Å². The van der Waals surface area contributed by atoms with E-state index >= 15 is 0 Å². The summed E-state index contributed by atoms with van der Waals surface area (Å²) in [7, 11) is 1.36. The van der Waals surface area contributed by atoms with Crippen LogP contribution in [0.4, 0.5) is 0 Å². The highest BCUT2D eigenvalue weighted by Crippen LogP contribution is 2.20. The lowest BCUT2D eigenvalue weighted by Gasteiger charge is -2.15. The summed E-state index contributed by atoms with van der Waals surface area (Å²) in [5.41, 5.74) is 3.29. The second-order valence-electron chi connectivity index (χ2n) is 6.14. The lowest BCUT2D eigenvalue weighted by Crippen LogP contribution is -2.18.